The number of rotatable bonds is 2. The van der Waals surface area contributed by atoms with Crippen LogP contribution in [0.1, 0.15) is 34.8 Å². The summed E-state index contributed by atoms with van der Waals surface area (Å²) in [5, 5.41) is 9.95. The topological polar surface area (TPSA) is 56.7 Å². The summed E-state index contributed by atoms with van der Waals surface area (Å²) in [7, 11) is 0. The molecule has 5 heteroatoms. The highest BCUT2D eigenvalue weighted by Crippen LogP contribution is 2.47. The molecule has 2 bridgehead atoms. The average Bonchev–Trinajstić information content (AvgIpc) is 3.12. The van der Waals surface area contributed by atoms with Gasteiger partial charge in [0.2, 0.25) is 0 Å². The number of amides is 1. The molecule has 1 aromatic heterocycles. The van der Waals surface area contributed by atoms with Crippen LogP contribution in [0.15, 0.2) is 48.7 Å². The number of benzene rings is 1. The van der Waals surface area contributed by atoms with Gasteiger partial charge < -0.3 is 10.0 Å². The Balaban J connectivity index is 1.54. The van der Waals surface area contributed by atoms with E-state index in [2.05, 4.69) is 20.9 Å². The van der Waals surface area contributed by atoms with Crippen molar-refractivity contribution in [1.29, 1.82) is 0 Å². The first-order valence-electron chi connectivity index (χ1n) is 9.47. The highest BCUT2D eigenvalue weighted by atomic mass is 16.3. The first-order valence-corrected chi connectivity index (χ1v) is 9.47. The van der Waals surface area contributed by atoms with Gasteiger partial charge in [-0.3, -0.25) is 14.7 Å². The molecule has 1 amide bonds. The molecular weight excluding hydrogens is 326 g/mol. The quantitative estimate of drug-likeness (QED) is 0.905. The number of aromatic nitrogens is 1. The number of likely N-dealkylation sites (tertiary alicyclic amines) is 1. The number of piperidine rings is 3. The summed E-state index contributed by atoms with van der Waals surface area (Å²) in [6.45, 7) is 2.93. The lowest BCUT2D eigenvalue weighted by atomic mass is 9.75. The maximum absolute atomic E-state index is 13.2. The molecule has 3 atom stereocenters. The van der Waals surface area contributed by atoms with Gasteiger partial charge in [-0.2, -0.15) is 0 Å². The van der Waals surface area contributed by atoms with E-state index in [1.165, 1.54) is 12.8 Å². The summed E-state index contributed by atoms with van der Waals surface area (Å²) in [5.41, 5.74) is 1.66. The van der Waals surface area contributed by atoms with Crippen LogP contribution in [0, 0.1) is 5.92 Å². The van der Waals surface area contributed by atoms with Gasteiger partial charge in [-0.15, -0.1) is 0 Å². The fourth-order valence-electron chi connectivity index (χ4n) is 5.34. The Morgan fingerprint density at radius 3 is 2.65 bits per heavy atom. The smallest absolute Gasteiger partial charge is 0.272 e. The van der Waals surface area contributed by atoms with Gasteiger partial charge in [0.25, 0.3) is 5.91 Å². The number of fused-ring (bicyclic) bond motifs is 2. The Hall–Kier alpha value is -2.40. The van der Waals surface area contributed by atoms with Crippen molar-refractivity contribution in [3.63, 3.8) is 0 Å². The molecule has 0 spiro atoms. The van der Waals surface area contributed by atoms with Gasteiger partial charge in [0.1, 0.15) is 11.4 Å². The number of phenolic OH excluding ortho intramolecular Hbond substituents is 1. The molecule has 0 radical (unpaired) electrons. The number of pyridine rings is 1. The van der Waals surface area contributed by atoms with Crippen LogP contribution in [0.3, 0.4) is 0 Å². The van der Waals surface area contributed by atoms with Crippen molar-refractivity contribution in [3.05, 3.63) is 59.9 Å². The van der Waals surface area contributed by atoms with E-state index in [0.29, 0.717) is 29.9 Å². The zero-order chi connectivity index (χ0) is 17.7. The van der Waals surface area contributed by atoms with Crippen molar-refractivity contribution in [3.8, 4) is 5.75 Å². The van der Waals surface area contributed by atoms with Gasteiger partial charge >= 0.3 is 0 Å². The van der Waals surface area contributed by atoms with E-state index in [1.807, 2.05) is 24.3 Å². The predicted molar refractivity (Wildman–Crippen MR) is 98.0 cm³/mol. The first-order chi connectivity index (χ1) is 12.7. The lowest BCUT2D eigenvalue weighted by Gasteiger charge is -2.51. The van der Waals surface area contributed by atoms with Crippen LogP contribution >= 0.6 is 0 Å². The van der Waals surface area contributed by atoms with E-state index in [4.69, 9.17) is 0 Å². The fraction of sp³-hybridized carbons (Fsp3) is 0.429. The van der Waals surface area contributed by atoms with Gasteiger partial charge in [-0.25, -0.2) is 0 Å². The molecule has 4 aliphatic rings. The number of carbonyl (C=O) groups is 1. The zero-order valence-corrected chi connectivity index (χ0v) is 14.7. The van der Waals surface area contributed by atoms with E-state index < -0.39 is 0 Å². The van der Waals surface area contributed by atoms with Crippen molar-refractivity contribution in [2.45, 2.75) is 30.8 Å². The second-order valence-corrected chi connectivity index (χ2v) is 7.73. The molecule has 5 nitrogen and oxygen atoms in total. The molecule has 4 fully saturated rings. The Bertz CT molecular complexity index is 817. The van der Waals surface area contributed by atoms with Crippen LogP contribution in [0.5, 0.6) is 5.75 Å². The molecule has 0 aliphatic carbocycles. The maximum atomic E-state index is 13.2. The standard InChI is InChI=1S/C21H23N3O2/c25-16-5-3-4-15(12-16)17-13-24(21(26)18-6-1-2-9-22-18)19-14-7-10-23(11-8-14)20(17)19/h1-6,9,12,14,17,19-20,25H,7-8,10-11,13H2/t17-,19+,20+/m0/s1. The van der Waals surface area contributed by atoms with E-state index >= 15 is 0 Å². The highest BCUT2D eigenvalue weighted by molar-refractivity contribution is 5.93. The van der Waals surface area contributed by atoms with Crippen LogP contribution in [0.4, 0.5) is 0 Å². The summed E-state index contributed by atoms with van der Waals surface area (Å²) in [4.78, 5) is 22.1. The van der Waals surface area contributed by atoms with Crippen molar-refractivity contribution >= 4 is 5.91 Å². The van der Waals surface area contributed by atoms with Crippen LogP contribution in [0.25, 0.3) is 0 Å². The predicted octanol–water partition coefficient (Wildman–Crippen LogP) is 2.49. The largest absolute Gasteiger partial charge is 0.508 e. The number of phenols is 1. The van der Waals surface area contributed by atoms with Gasteiger partial charge in [-0.1, -0.05) is 18.2 Å². The minimum atomic E-state index is 0.0389. The number of hydrogen-bond donors (Lipinski definition) is 1. The van der Waals surface area contributed by atoms with Crippen LogP contribution in [-0.2, 0) is 0 Å². The molecule has 2 aromatic rings. The molecule has 1 aromatic carbocycles. The third-order valence-corrected chi connectivity index (χ3v) is 6.44. The van der Waals surface area contributed by atoms with Crippen LogP contribution in [-0.4, -0.2) is 57.5 Å². The minimum absolute atomic E-state index is 0.0389. The second kappa shape index (κ2) is 6.09. The van der Waals surface area contributed by atoms with Gasteiger partial charge in [0, 0.05) is 24.7 Å². The Morgan fingerprint density at radius 1 is 1.08 bits per heavy atom. The molecule has 4 aliphatic heterocycles. The highest BCUT2D eigenvalue weighted by Gasteiger charge is 2.54. The summed E-state index contributed by atoms with van der Waals surface area (Å²) in [6, 6.07) is 13.7. The van der Waals surface area contributed by atoms with E-state index in [0.717, 1.165) is 18.7 Å². The Labute approximate surface area is 153 Å². The summed E-state index contributed by atoms with van der Waals surface area (Å²) in [6.07, 6.45) is 4.02. The average molecular weight is 349 g/mol. The summed E-state index contributed by atoms with van der Waals surface area (Å²) >= 11 is 0. The van der Waals surface area contributed by atoms with Gasteiger partial charge in [-0.05, 0) is 61.7 Å². The molecule has 134 valence electrons. The third-order valence-electron chi connectivity index (χ3n) is 6.44. The van der Waals surface area contributed by atoms with E-state index in [1.54, 1.807) is 18.3 Å². The van der Waals surface area contributed by atoms with Crippen molar-refractivity contribution in [2.75, 3.05) is 19.6 Å². The van der Waals surface area contributed by atoms with Crippen LogP contribution < -0.4 is 0 Å². The Morgan fingerprint density at radius 2 is 1.92 bits per heavy atom. The minimum Gasteiger partial charge on any atom is -0.508 e. The van der Waals surface area contributed by atoms with E-state index in [-0.39, 0.29) is 17.9 Å². The SMILES string of the molecule is O=C(c1ccccn1)N1C[C@@H](c2cccc(O)c2)[C@@H]2[C@H]1C1CCN2CC1. The zero-order valence-electron chi connectivity index (χ0n) is 14.7. The molecule has 5 heterocycles. The fourth-order valence-corrected chi connectivity index (χ4v) is 5.34. The first kappa shape index (κ1) is 15.8. The molecule has 4 saturated heterocycles. The number of aromatic hydroxyl groups is 1. The molecule has 26 heavy (non-hydrogen) atoms. The molecule has 0 unspecified atom stereocenters. The number of nitrogens with zero attached hydrogens (tertiary/aromatic N) is 3. The van der Waals surface area contributed by atoms with Crippen molar-refractivity contribution in [2.24, 2.45) is 5.92 Å². The molecular formula is C21H23N3O2. The normalized spacial score (nSPS) is 32.5. The number of carbonyl (C=O) groups excluding carboxylic acids is 1. The van der Waals surface area contributed by atoms with Crippen molar-refractivity contribution < 1.29 is 9.90 Å². The molecule has 1 N–H and O–H groups in total. The lowest BCUT2D eigenvalue weighted by molar-refractivity contribution is -0.00359. The van der Waals surface area contributed by atoms with Crippen molar-refractivity contribution in [1.82, 2.24) is 14.8 Å². The summed E-state index contributed by atoms with van der Waals surface area (Å²) in [5.74, 6) is 1.14. The number of hydrogen-bond acceptors (Lipinski definition) is 4. The molecule has 0 saturated carbocycles. The summed E-state index contributed by atoms with van der Waals surface area (Å²) < 4.78 is 0. The monoisotopic (exact) mass is 349 g/mol. The lowest BCUT2D eigenvalue weighted by Crippen LogP contribution is -2.60. The molecule has 6 rings (SSSR count). The Kier molecular flexibility index (Phi) is 3.71. The van der Waals surface area contributed by atoms with Gasteiger partial charge in [0.15, 0.2) is 0 Å². The maximum Gasteiger partial charge on any atom is 0.272 e. The van der Waals surface area contributed by atoms with Gasteiger partial charge in [0.05, 0.1) is 6.04 Å². The van der Waals surface area contributed by atoms with Crippen LogP contribution in [0.2, 0.25) is 0 Å². The third kappa shape index (κ3) is 2.42. The second-order valence-electron chi connectivity index (χ2n) is 7.73. The van der Waals surface area contributed by atoms with E-state index in [9.17, 15) is 9.90 Å².